The van der Waals surface area contributed by atoms with E-state index in [4.69, 9.17) is 0 Å². The molecule has 4 rings (SSSR count). The van der Waals surface area contributed by atoms with Gasteiger partial charge in [0.05, 0.1) is 0 Å². The minimum absolute atomic E-state index is 0.0426. The first-order chi connectivity index (χ1) is 16.4. The number of carbonyl (C=O) groups is 2. The first kappa shape index (κ1) is 24.9. The van der Waals surface area contributed by atoms with Gasteiger partial charge in [0.1, 0.15) is 0 Å². The van der Waals surface area contributed by atoms with E-state index in [1.54, 1.807) is 0 Å². The number of rotatable bonds is 6. The Morgan fingerprint density at radius 2 is 0.853 bits per heavy atom. The smallest absolute Gasteiger partial charge is 0.165 e. The summed E-state index contributed by atoms with van der Waals surface area (Å²) >= 11 is 0. The van der Waals surface area contributed by atoms with Crippen LogP contribution in [0.2, 0.25) is 0 Å². The molecule has 0 fully saturated rings. The first-order valence-electron chi connectivity index (χ1n) is 11.8. The number of Topliss-reactive ketones (excluding diaryl/α,β-unsaturated/α-hetero) is 2. The molecule has 0 radical (unpaired) electrons. The summed E-state index contributed by atoms with van der Waals surface area (Å²) in [5, 5.41) is 0. The fourth-order valence-electron chi connectivity index (χ4n) is 3.61. The zero-order chi connectivity index (χ0) is 24.5. The predicted octanol–water partition coefficient (Wildman–Crippen LogP) is 8.38. The van der Waals surface area contributed by atoms with Crippen molar-refractivity contribution in [2.24, 2.45) is 11.8 Å². The zero-order valence-corrected chi connectivity index (χ0v) is 20.4. The van der Waals surface area contributed by atoms with Gasteiger partial charge in [0.15, 0.2) is 11.6 Å². The second-order valence-corrected chi connectivity index (χ2v) is 8.93. The molecule has 0 aliphatic rings. The quantitative estimate of drug-likeness (QED) is 0.278. The number of carbonyl (C=O) groups excluding carboxylic acids is 2. The average Bonchev–Trinajstić information content (AvgIpc) is 2.89. The predicted molar refractivity (Wildman–Crippen MR) is 142 cm³/mol. The Kier molecular flexibility index (Phi) is 8.70. The summed E-state index contributed by atoms with van der Waals surface area (Å²) in [4.78, 5) is 23.7. The molecule has 172 valence electrons. The lowest BCUT2D eigenvalue weighted by Gasteiger charge is -2.07. The van der Waals surface area contributed by atoms with E-state index in [9.17, 15) is 9.59 Å². The molecule has 4 aromatic carbocycles. The molecule has 4 aromatic rings. The highest BCUT2D eigenvalue weighted by Gasteiger charge is 2.11. The van der Waals surface area contributed by atoms with Gasteiger partial charge in [0, 0.05) is 23.0 Å². The van der Waals surface area contributed by atoms with Gasteiger partial charge in [-0.3, -0.25) is 9.59 Å². The van der Waals surface area contributed by atoms with Crippen molar-refractivity contribution in [3.8, 4) is 22.3 Å². The number of benzene rings is 4. The molecule has 0 spiro atoms. The van der Waals surface area contributed by atoms with Crippen LogP contribution in [0.25, 0.3) is 22.3 Å². The van der Waals surface area contributed by atoms with Crippen molar-refractivity contribution in [3.05, 3.63) is 120 Å². The summed E-state index contributed by atoms with van der Waals surface area (Å²) in [5.74, 6) is 0.492. The molecule has 0 heterocycles. The summed E-state index contributed by atoms with van der Waals surface area (Å²) in [6.07, 6.45) is 0. The van der Waals surface area contributed by atoms with Crippen LogP contribution in [0, 0.1) is 11.8 Å². The largest absolute Gasteiger partial charge is 0.294 e. The number of hydrogen-bond acceptors (Lipinski definition) is 2. The highest BCUT2D eigenvalue weighted by molar-refractivity contribution is 5.98. The van der Waals surface area contributed by atoms with Crippen molar-refractivity contribution < 1.29 is 9.59 Å². The Morgan fingerprint density at radius 1 is 0.441 bits per heavy atom. The van der Waals surface area contributed by atoms with Crippen LogP contribution < -0.4 is 0 Å². The lowest BCUT2D eigenvalue weighted by molar-refractivity contribution is 0.0932. The molecule has 0 aliphatic heterocycles. The van der Waals surface area contributed by atoms with Gasteiger partial charge < -0.3 is 0 Å². The Hall–Kier alpha value is -3.78. The molecular formula is C32H32O2. The van der Waals surface area contributed by atoms with Crippen LogP contribution in [0.4, 0.5) is 0 Å². The van der Waals surface area contributed by atoms with Crippen LogP contribution in [0.15, 0.2) is 109 Å². The van der Waals surface area contributed by atoms with Crippen molar-refractivity contribution in [1.29, 1.82) is 0 Å². The van der Waals surface area contributed by atoms with E-state index in [-0.39, 0.29) is 23.4 Å². The van der Waals surface area contributed by atoms with E-state index in [2.05, 4.69) is 24.3 Å². The van der Waals surface area contributed by atoms with Gasteiger partial charge in [0.2, 0.25) is 0 Å². The molecule has 0 amide bonds. The summed E-state index contributed by atoms with van der Waals surface area (Å²) in [7, 11) is 0. The molecule has 2 nitrogen and oxygen atoms in total. The second-order valence-electron chi connectivity index (χ2n) is 8.93. The van der Waals surface area contributed by atoms with Gasteiger partial charge >= 0.3 is 0 Å². The van der Waals surface area contributed by atoms with Crippen LogP contribution >= 0.6 is 0 Å². The molecule has 0 aromatic heterocycles. The Labute approximate surface area is 203 Å². The van der Waals surface area contributed by atoms with E-state index < -0.39 is 0 Å². The SMILES string of the molecule is CC(C)C(=O)c1ccc(-c2ccccc2)cc1.CC(C)C(=O)c1cccc(-c2ccccc2)c1. The Balaban J connectivity index is 0.000000191. The van der Waals surface area contributed by atoms with Crippen LogP contribution in [0.5, 0.6) is 0 Å². The van der Waals surface area contributed by atoms with Crippen LogP contribution in [-0.4, -0.2) is 11.6 Å². The third-order valence-electron chi connectivity index (χ3n) is 5.58. The fourth-order valence-corrected chi connectivity index (χ4v) is 3.61. The van der Waals surface area contributed by atoms with Gasteiger partial charge in [-0.15, -0.1) is 0 Å². The molecule has 0 atom stereocenters. The maximum absolute atomic E-state index is 11.9. The van der Waals surface area contributed by atoms with Crippen molar-refractivity contribution in [2.45, 2.75) is 27.7 Å². The lowest BCUT2D eigenvalue weighted by atomic mass is 9.97. The standard InChI is InChI=1S/2C16H16O/c1-12(2)16(17)15-10-6-9-14(11-15)13-7-4-3-5-8-13;1-12(2)16(17)15-10-8-14(9-11-15)13-6-4-3-5-7-13/h2*3-12H,1-2H3. The number of ketones is 2. The molecule has 0 N–H and O–H groups in total. The van der Waals surface area contributed by atoms with Gasteiger partial charge in [-0.05, 0) is 28.3 Å². The molecule has 0 saturated carbocycles. The maximum Gasteiger partial charge on any atom is 0.165 e. The topological polar surface area (TPSA) is 34.1 Å². The van der Waals surface area contributed by atoms with Crippen molar-refractivity contribution in [1.82, 2.24) is 0 Å². The van der Waals surface area contributed by atoms with Crippen LogP contribution in [-0.2, 0) is 0 Å². The van der Waals surface area contributed by atoms with E-state index in [0.29, 0.717) is 0 Å². The van der Waals surface area contributed by atoms with E-state index in [1.807, 2.05) is 113 Å². The highest BCUT2D eigenvalue weighted by Crippen LogP contribution is 2.22. The lowest BCUT2D eigenvalue weighted by Crippen LogP contribution is -2.07. The normalized spacial score (nSPS) is 10.5. The van der Waals surface area contributed by atoms with Crippen LogP contribution in [0.1, 0.15) is 48.4 Å². The van der Waals surface area contributed by atoms with Crippen molar-refractivity contribution in [2.75, 3.05) is 0 Å². The highest BCUT2D eigenvalue weighted by atomic mass is 16.1. The Morgan fingerprint density at radius 3 is 1.35 bits per heavy atom. The minimum Gasteiger partial charge on any atom is -0.294 e. The fraction of sp³-hybridized carbons (Fsp3) is 0.188. The molecule has 34 heavy (non-hydrogen) atoms. The van der Waals surface area contributed by atoms with Gasteiger partial charge in [0.25, 0.3) is 0 Å². The first-order valence-corrected chi connectivity index (χ1v) is 11.8. The summed E-state index contributed by atoms with van der Waals surface area (Å²) in [6.45, 7) is 7.70. The average molecular weight is 449 g/mol. The molecule has 0 bridgehead atoms. The zero-order valence-electron chi connectivity index (χ0n) is 20.4. The van der Waals surface area contributed by atoms with Gasteiger partial charge in [-0.1, -0.05) is 131 Å². The monoisotopic (exact) mass is 448 g/mol. The van der Waals surface area contributed by atoms with Gasteiger partial charge in [-0.25, -0.2) is 0 Å². The molecule has 2 heteroatoms. The number of hydrogen-bond donors (Lipinski definition) is 0. The van der Waals surface area contributed by atoms with E-state index in [0.717, 1.165) is 27.8 Å². The van der Waals surface area contributed by atoms with E-state index in [1.165, 1.54) is 5.56 Å². The Bertz CT molecular complexity index is 1200. The maximum atomic E-state index is 11.9. The van der Waals surface area contributed by atoms with E-state index >= 15 is 0 Å². The second kappa shape index (κ2) is 11.9. The van der Waals surface area contributed by atoms with Crippen molar-refractivity contribution >= 4 is 11.6 Å². The summed E-state index contributed by atoms with van der Waals surface area (Å²) in [5.41, 5.74) is 6.14. The molecule has 0 saturated heterocycles. The summed E-state index contributed by atoms with van der Waals surface area (Å²) in [6, 6.07) is 35.9. The van der Waals surface area contributed by atoms with Crippen LogP contribution in [0.3, 0.4) is 0 Å². The van der Waals surface area contributed by atoms with Crippen molar-refractivity contribution in [3.63, 3.8) is 0 Å². The molecule has 0 unspecified atom stereocenters. The molecular weight excluding hydrogens is 416 g/mol. The third-order valence-corrected chi connectivity index (χ3v) is 5.58. The third kappa shape index (κ3) is 6.62. The minimum atomic E-state index is 0.0426. The van der Waals surface area contributed by atoms with Gasteiger partial charge in [-0.2, -0.15) is 0 Å². The molecule has 0 aliphatic carbocycles. The summed E-state index contributed by atoms with van der Waals surface area (Å²) < 4.78 is 0.